The van der Waals surface area contributed by atoms with Gasteiger partial charge in [0.1, 0.15) is 13.2 Å². The van der Waals surface area contributed by atoms with Gasteiger partial charge in [0.15, 0.2) is 0 Å². The number of hydrogen-bond donors (Lipinski definition) is 0. The standard InChI is InChI=1S/C21H18N4O6/c1-13-17(20(26)30-10-4-8-22)19(15-6-3-7-16(12-15)25(28)29)18(14(2)24-13)21(27)31-11-5-9-23/h3,6-7,12H,4-5,10-11H2,1-2H3. The molecule has 10 heteroatoms. The summed E-state index contributed by atoms with van der Waals surface area (Å²) in [5.41, 5.74) is 0.439. The van der Waals surface area contributed by atoms with Gasteiger partial charge < -0.3 is 9.47 Å². The van der Waals surface area contributed by atoms with Gasteiger partial charge in [0.25, 0.3) is 5.69 Å². The smallest absolute Gasteiger partial charge is 0.340 e. The number of ether oxygens (including phenoxy) is 2. The molecule has 0 bridgehead atoms. The van der Waals surface area contributed by atoms with Crippen molar-refractivity contribution in [2.24, 2.45) is 0 Å². The minimum atomic E-state index is -0.826. The quantitative estimate of drug-likeness (QED) is 0.269. The van der Waals surface area contributed by atoms with Crippen LogP contribution in [-0.4, -0.2) is 35.1 Å². The molecule has 0 spiro atoms. The average molecular weight is 422 g/mol. The molecule has 0 aliphatic carbocycles. The van der Waals surface area contributed by atoms with E-state index in [4.69, 9.17) is 20.0 Å². The number of nitriles is 2. The molecule has 1 aromatic carbocycles. The van der Waals surface area contributed by atoms with E-state index in [-0.39, 0.29) is 65.4 Å². The molecule has 2 rings (SSSR count). The number of non-ortho nitro benzene ring substituents is 1. The molecule has 0 unspecified atom stereocenters. The summed E-state index contributed by atoms with van der Waals surface area (Å²) in [6.45, 7) is 2.75. The molecule has 2 aromatic rings. The Morgan fingerprint density at radius 3 is 2.00 bits per heavy atom. The van der Waals surface area contributed by atoms with Crippen molar-refractivity contribution < 1.29 is 24.0 Å². The topological polar surface area (TPSA) is 156 Å². The molecule has 0 N–H and O–H groups in total. The molecule has 0 atom stereocenters. The molecular formula is C21H18N4O6. The minimum Gasteiger partial charge on any atom is -0.461 e. The Kier molecular flexibility index (Phi) is 7.75. The van der Waals surface area contributed by atoms with E-state index < -0.39 is 16.9 Å². The van der Waals surface area contributed by atoms with E-state index in [2.05, 4.69) is 4.98 Å². The van der Waals surface area contributed by atoms with Crippen LogP contribution >= 0.6 is 0 Å². The summed E-state index contributed by atoms with van der Waals surface area (Å²) in [7, 11) is 0. The zero-order chi connectivity index (χ0) is 23.0. The highest BCUT2D eigenvalue weighted by atomic mass is 16.6. The van der Waals surface area contributed by atoms with E-state index in [1.165, 1.54) is 24.3 Å². The van der Waals surface area contributed by atoms with Gasteiger partial charge >= 0.3 is 11.9 Å². The number of carbonyl (C=O) groups excluding carboxylic acids is 2. The van der Waals surface area contributed by atoms with E-state index in [0.717, 1.165) is 0 Å². The Labute approximate surface area is 177 Å². The SMILES string of the molecule is Cc1nc(C)c(C(=O)OCCC#N)c(-c2cccc([N+](=O)[O-])c2)c1C(=O)OCCC#N. The third-order valence-corrected chi connectivity index (χ3v) is 4.21. The second-order valence-corrected chi connectivity index (χ2v) is 6.30. The number of pyridine rings is 1. The van der Waals surface area contributed by atoms with E-state index in [0.29, 0.717) is 0 Å². The lowest BCUT2D eigenvalue weighted by Crippen LogP contribution is -2.18. The van der Waals surface area contributed by atoms with Gasteiger partial charge in [-0.2, -0.15) is 10.5 Å². The fraction of sp³-hybridized carbons (Fsp3) is 0.286. The first kappa shape index (κ1) is 23.0. The van der Waals surface area contributed by atoms with Crippen molar-refractivity contribution in [3.63, 3.8) is 0 Å². The van der Waals surface area contributed by atoms with Gasteiger partial charge in [0.05, 0.1) is 52.4 Å². The van der Waals surface area contributed by atoms with Crippen molar-refractivity contribution in [1.29, 1.82) is 10.5 Å². The van der Waals surface area contributed by atoms with Gasteiger partial charge in [-0.25, -0.2) is 9.59 Å². The van der Waals surface area contributed by atoms with Crippen LogP contribution in [0.1, 0.15) is 44.9 Å². The molecule has 0 saturated carbocycles. The Balaban J connectivity index is 2.74. The first-order chi connectivity index (χ1) is 14.8. The first-order valence-corrected chi connectivity index (χ1v) is 9.16. The number of hydrogen-bond acceptors (Lipinski definition) is 9. The third kappa shape index (κ3) is 5.40. The van der Waals surface area contributed by atoms with Gasteiger partial charge in [0.2, 0.25) is 0 Å². The highest BCUT2D eigenvalue weighted by molar-refractivity contribution is 6.07. The Morgan fingerprint density at radius 1 is 1.03 bits per heavy atom. The van der Waals surface area contributed by atoms with Crippen LogP contribution in [0.25, 0.3) is 11.1 Å². The Morgan fingerprint density at radius 2 is 1.55 bits per heavy atom. The van der Waals surface area contributed by atoms with E-state index >= 15 is 0 Å². The molecular weight excluding hydrogens is 404 g/mol. The molecule has 0 fully saturated rings. The number of esters is 2. The number of aryl methyl sites for hydroxylation is 2. The number of rotatable bonds is 8. The van der Waals surface area contributed by atoms with Crippen LogP contribution in [0.3, 0.4) is 0 Å². The highest BCUT2D eigenvalue weighted by Gasteiger charge is 2.28. The summed E-state index contributed by atoms with van der Waals surface area (Å²) in [5, 5.41) is 28.6. The van der Waals surface area contributed by atoms with Crippen molar-refractivity contribution in [2.75, 3.05) is 13.2 Å². The predicted octanol–water partition coefficient (Wildman–Crippen LogP) is 3.41. The molecule has 0 saturated heterocycles. The van der Waals surface area contributed by atoms with E-state index in [9.17, 15) is 19.7 Å². The zero-order valence-corrected chi connectivity index (χ0v) is 16.9. The summed E-state index contributed by atoms with van der Waals surface area (Å²) in [4.78, 5) is 40.5. The van der Waals surface area contributed by atoms with E-state index in [1.54, 1.807) is 13.8 Å². The van der Waals surface area contributed by atoms with Crippen molar-refractivity contribution in [3.8, 4) is 23.3 Å². The molecule has 0 radical (unpaired) electrons. The summed E-state index contributed by atoms with van der Waals surface area (Å²) in [5.74, 6) is -1.65. The van der Waals surface area contributed by atoms with Crippen LogP contribution in [0, 0.1) is 46.6 Å². The highest BCUT2D eigenvalue weighted by Crippen LogP contribution is 2.34. The van der Waals surface area contributed by atoms with Crippen LogP contribution in [0.2, 0.25) is 0 Å². The van der Waals surface area contributed by atoms with Gasteiger partial charge in [-0.1, -0.05) is 12.1 Å². The van der Waals surface area contributed by atoms with Crippen LogP contribution in [0.4, 0.5) is 5.69 Å². The fourth-order valence-electron chi connectivity index (χ4n) is 2.94. The number of carbonyl (C=O) groups is 2. The molecule has 31 heavy (non-hydrogen) atoms. The van der Waals surface area contributed by atoms with Gasteiger partial charge in [-0.05, 0) is 19.4 Å². The van der Waals surface area contributed by atoms with Crippen LogP contribution in [0.15, 0.2) is 24.3 Å². The summed E-state index contributed by atoms with van der Waals surface area (Å²) >= 11 is 0. The number of benzene rings is 1. The minimum absolute atomic E-state index is 0.0285. The lowest BCUT2D eigenvalue weighted by molar-refractivity contribution is -0.384. The maximum absolute atomic E-state index is 12.8. The summed E-state index contributed by atoms with van der Waals surface area (Å²) < 4.78 is 10.3. The zero-order valence-electron chi connectivity index (χ0n) is 16.9. The molecule has 158 valence electrons. The molecule has 0 amide bonds. The Hall–Kier alpha value is -4.31. The average Bonchev–Trinajstić information content (AvgIpc) is 2.73. The number of nitrogens with zero attached hydrogens (tertiary/aromatic N) is 4. The van der Waals surface area contributed by atoms with Crippen molar-refractivity contribution in [1.82, 2.24) is 4.98 Å². The van der Waals surface area contributed by atoms with Gasteiger partial charge in [-0.15, -0.1) is 0 Å². The van der Waals surface area contributed by atoms with Gasteiger partial charge in [0, 0.05) is 17.7 Å². The number of aromatic nitrogens is 1. The predicted molar refractivity (Wildman–Crippen MR) is 107 cm³/mol. The van der Waals surface area contributed by atoms with Crippen LogP contribution in [-0.2, 0) is 9.47 Å². The normalized spacial score (nSPS) is 9.94. The number of nitro benzene ring substituents is 1. The van der Waals surface area contributed by atoms with Crippen LogP contribution in [0.5, 0.6) is 0 Å². The third-order valence-electron chi connectivity index (χ3n) is 4.21. The molecule has 1 heterocycles. The molecule has 0 aliphatic heterocycles. The largest absolute Gasteiger partial charge is 0.461 e. The number of nitro groups is 1. The monoisotopic (exact) mass is 422 g/mol. The lowest BCUT2D eigenvalue weighted by atomic mass is 9.92. The van der Waals surface area contributed by atoms with Crippen molar-refractivity contribution in [3.05, 3.63) is 56.9 Å². The first-order valence-electron chi connectivity index (χ1n) is 9.16. The summed E-state index contributed by atoms with van der Waals surface area (Å²) in [6.07, 6.45) is -0.0570. The molecule has 1 aromatic heterocycles. The second-order valence-electron chi connectivity index (χ2n) is 6.30. The Bertz CT molecular complexity index is 1060. The van der Waals surface area contributed by atoms with Crippen molar-refractivity contribution >= 4 is 17.6 Å². The second kappa shape index (κ2) is 10.5. The van der Waals surface area contributed by atoms with Gasteiger partial charge in [-0.3, -0.25) is 15.1 Å². The molecule has 0 aliphatic rings. The summed E-state index contributed by atoms with van der Waals surface area (Å²) in [6, 6.07) is 9.15. The maximum atomic E-state index is 12.8. The van der Waals surface area contributed by atoms with E-state index in [1.807, 2.05) is 12.1 Å². The fourth-order valence-corrected chi connectivity index (χ4v) is 2.94. The molecule has 10 nitrogen and oxygen atoms in total. The van der Waals surface area contributed by atoms with Crippen LogP contribution < -0.4 is 0 Å². The van der Waals surface area contributed by atoms with Crippen molar-refractivity contribution in [2.45, 2.75) is 26.7 Å². The lowest BCUT2D eigenvalue weighted by Gasteiger charge is -2.17. The maximum Gasteiger partial charge on any atom is 0.340 e.